The first-order valence-electron chi connectivity index (χ1n) is 9.74. The molecule has 0 bridgehead atoms. The molecular weight excluding hydrogens is 418 g/mol. The molecular formula is C23H26BrNO3. The van der Waals surface area contributed by atoms with Crippen LogP contribution in [-0.2, 0) is 15.1 Å². The Labute approximate surface area is 175 Å². The summed E-state index contributed by atoms with van der Waals surface area (Å²) in [7, 11) is 0. The molecule has 2 amide bonds. The van der Waals surface area contributed by atoms with E-state index in [1.807, 2.05) is 74.5 Å². The summed E-state index contributed by atoms with van der Waals surface area (Å²) < 4.78 is 6.09. The zero-order valence-electron chi connectivity index (χ0n) is 16.3. The molecule has 0 radical (unpaired) electrons. The van der Waals surface area contributed by atoms with Crippen LogP contribution in [0.1, 0.15) is 44.2 Å². The normalized spacial score (nSPS) is 18.4. The lowest BCUT2D eigenvalue weighted by Gasteiger charge is -2.37. The Hall–Kier alpha value is -2.14. The van der Waals surface area contributed by atoms with Gasteiger partial charge >= 0.3 is 6.09 Å². The van der Waals surface area contributed by atoms with Gasteiger partial charge in [0.05, 0.1) is 6.04 Å². The molecule has 0 unspecified atom stereocenters. The second-order valence-corrected chi connectivity index (χ2v) is 8.23. The van der Waals surface area contributed by atoms with Crippen molar-refractivity contribution in [2.75, 3.05) is 5.33 Å². The van der Waals surface area contributed by atoms with Crippen molar-refractivity contribution in [1.29, 1.82) is 0 Å². The summed E-state index contributed by atoms with van der Waals surface area (Å²) in [5, 5.41) is 0.844. The zero-order valence-corrected chi connectivity index (χ0v) is 17.9. The van der Waals surface area contributed by atoms with Crippen molar-refractivity contribution >= 4 is 27.9 Å². The Kier molecular flexibility index (Phi) is 6.55. The minimum absolute atomic E-state index is 0.0204. The first-order chi connectivity index (χ1) is 13.5. The average molecular weight is 444 g/mol. The fourth-order valence-electron chi connectivity index (χ4n) is 4.06. The molecule has 0 saturated carbocycles. The fourth-order valence-corrected chi connectivity index (χ4v) is 4.45. The van der Waals surface area contributed by atoms with Gasteiger partial charge in [0, 0.05) is 22.9 Å². The molecule has 5 heteroatoms. The molecule has 1 aliphatic rings. The molecule has 28 heavy (non-hydrogen) atoms. The Morgan fingerprint density at radius 2 is 1.57 bits per heavy atom. The van der Waals surface area contributed by atoms with Gasteiger partial charge in [-0.1, -0.05) is 90.4 Å². The number of ether oxygens (including phenoxy) is 1. The van der Waals surface area contributed by atoms with Crippen molar-refractivity contribution in [2.45, 2.75) is 44.8 Å². The number of hydrogen-bond acceptors (Lipinski definition) is 3. The van der Waals surface area contributed by atoms with Crippen LogP contribution in [0.4, 0.5) is 4.79 Å². The van der Waals surface area contributed by atoms with Crippen LogP contribution >= 0.6 is 15.9 Å². The molecule has 2 aromatic carbocycles. The van der Waals surface area contributed by atoms with Gasteiger partial charge < -0.3 is 4.74 Å². The van der Waals surface area contributed by atoms with E-state index in [0.717, 1.165) is 29.3 Å². The Bertz CT molecular complexity index is 768. The number of rotatable bonds is 7. The van der Waals surface area contributed by atoms with E-state index in [1.165, 1.54) is 4.90 Å². The van der Waals surface area contributed by atoms with Gasteiger partial charge in [0.2, 0.25) is 5.91 Å². The minimum atomic E-state index is -1.02. The van der Waals surface area contributed by atoms with Gasteiger partial charge in [0.15, 0.2) is 5.60 Å². The molecule has 3 rings (SSSR count). The summed E-state index contributed by atoms with van der Waals surface area (Å²) in [5.74, 6) is -0.148. The molecule has 1 aliphatic heterocycles. The highest BCUT2D eigenvalue weighted by Gasteiger charge is 2.59. The smallest absolute Gasteiger partial charge is 0.418 e. The number of benzene rings is 2. The molecule has 4 nitrogen and oxygen atoms in total. The summed E-state index contributed by atoms with van der Waals surface area (Å²) in [6, 6.07) is 19.1. The first kappa shape index (κ1) is 20.6. The molecule has 0 N–H and O–H groups in total. The van der Waals surface area contributed by atoms with Crippen molar-refractivity contribution in [3.05, 3.63) is 71.8 Å². The van der Waals surface area contributed by atoms with E-state index >= 15 is 0 Å². The highest BCUT2D eigenvalue weighted by molar-refractivity contribution is 9.09. The van der Waals surface area contributed by atoms with Crippen LogP contribution in [0.3, 0.4) is 0 Å². The molecule has 0 aromatic heterocycles. The summed E-state index contributed by atoms with van der Waals surface area (Å²) in [6.07, 6.45) is 1.41. The van der Waals surface area contributed by atoms with E-state index in [2.05, 4.69) is 15.9 Å². The molecule has 1 atom stereocenters. The third-order valence-electron chi connectivity index (χ3n) is 5.22. The number of unbranched alkanes of at least 4 members (excludes halogenated alkanes) is 1. The van der Waals surface area contributed by atoms with E-state index in [4.69, 9.17) is 4.74 Å². The van der Waals surface area contributed by atoms with Crippen molar-refractivity contribution in [2.24, 2.45) is 5.92 Å². The van der Waals surface area contributed by atoms with Gasteiger partial charge in [-0.25, -0.2) is 9.69 Å². The summed E-state index contributed by atoms with van der Waals surface area (Å²) in [4.78, 5) is 27.4. The predicted molar refractivity (Wildman–Crippen MR) is 113 cm³/mol. The van der Waals surface area contributed by atoms with Crippen LogP contribution in [-0.4, -0.2) is 28.3 Å². The second-order valence-electron chi connectivity index (χ2n) is 7.43. The van der Waals surface area contributed by atoms with E-state index in [1.54, 1.807) is 0 Å². The van der Waals surface area contributed by atoms with Gasteiger partial charge in [-0.2, -0.15) is 0 Å². The monoisotopic (exact) mass is 443 g/mol. The number of imide groups is 1. The van der Waals surface area contributed by atoms with Crippen LogP contribution in [0, 0.1) is 5.92 Å². The number of carbonyl (C=O) groups excluding carboxylic acids is 2. The number of halogens is 1. The minimum Gasteiger partial charge on any atom is -0.430 e. The first-order valence-corrected chi connectivity index (χ1v) is 10.9. The Balaban J connectivity index is 2.11. The van der Waals surface area contributed by atoms with Gasteiger partial charge in [-0.3, -0.25) is 4.79 Å². The van der Waals surface area contributed by atoms with Crippen LogP contribution < -0.4 is 0 Å². The van der Waals surface area contributed by atoms with E-state index in [9.17, 15) is 9.59 Å². The summed E-state index contributed by atoms with van der Waals surface area (Å²) in [5.41, 5.74) is 0.742. The van der Waals surface area contributed by atoms with Gasteiger partial charge in [-0.15, -0.1) is 0 Å². The highest BCUT2D eigenvalue weighted by Crippen LogP contribution is 2.47. The number of alkyl halides is 1. The third-order valence-corrected chi connectivity index (χ3v) is 5.78. The van der Waals surface area contributed by atoms with Crippen LogP contribution in [0.25, 0.3) is 0 Å². The fraction of sp³-hybridized carbons (Fsp3) is 0.391. The largest absolute Gasteiger partial charge is 0.430 e. The van der Waals surface area contributed by atoms with E-state index < -0.39 is 17.7 Å². The third kappa shape index (κ3) is 3.72. The Morgan fingerprint density at radius 1 is 1.04 bits per heavy atom. The number of nitrogens with zero attached hydrogens (tertiary/aromatic N) is 1. The van der Waals surface area contributed by atoms with Crippen LogP contribution in [0.5, 0.6) is 0 Å². The standard InChI is InChI=1S/C23H26BrNO3/c1-17(2)21-23(18-11-5-3-6-12-18,19-13-7-4-8-14-19)28-22(27)25(21)20(26)15-9-10-16-24/h3-8,11-14,17,21H,9-10,15-16H2,1-2H3/t21-/m1/s1. The van der Waals surface area contributed by atoms with Crippen LogP contribution in [0.15, 0.2) is 60.7 Å². The topological polar surface area (TPSA) is 46.6 Å². The lowest BCUT2D eigenvalue weighted by atomic mass is 9.75. The van der Waals surface area contributed by atoms with Gasteiger partial charge in [-0.05, 0) is 18.8 Å². The van der Waals surface area contributed by atoms with Gasteiger partial charge in [0.25, 0.3) is 0 Å². The summed E-state index contributed by atoms with van der Waals surface area (Å²) in [6.45, 7) is 4.07. The summed E-state index contributed by atoms with van der Waals surface area (Å²) >= 11 is 3.39. The van der Waals surface area contributed by atoms with E-state index in [-0.39, 0.29) is 11.8 Å². The molecule has 2 aromatic rings. The van der Waals surface area contributed by atoms with Crippen molar-refractivity contribution < 1.29 is 14.3 Å². The lowest BCUT2D eigenvalue weighted by Crippen LogP contribution is -2.49. The molecule has 1 fully saturated rings. The number of cyclic esters (lactones) is 1. The van der Waals surface area contributed by atoms with Crippen molar-refractivity contribution in [1.82, 2.24) is 4.90 Å². The van der Waals surface area contributed by atoms with Crippen molar-refractivity contribution in [3.8, 4) is 0 Å². The molecule has 0 spiro atoms. The molecule has 1 heterocycles. The Morgan fingerprint density at radius 3 is 2.04 bits per heavy atom. The molecule has 1 saturated heterocycles. The molecule has 148 valence electrons. The van der Waals surface area contributed by atoms with E-state index in [0.29, 0.717) is 6.42 Å². The average Bonchev–Trinajstić information content (AvgIpc) is 3.04. The second kappa shape index (κ2) is 8.91. The maximum Gasteiger partial charge on any atom is 0.418 e. The predicted octanol–water partition coefficient (Wildman–Crippen LogP) is 5.50. The number of hydrogen-bond donors (Lipinski definition) is 0. The quantitative estimate of drug-likeness (QED) is 0.419. The lowest BCUT2D eigenvalue weighted by molar-refractivity contribution is -0.130. The molecule has 0 aliphatic carbocycles. The maximum atomic E-state index is 13.0. The number of amides is 2. The highest BCUT2D eigenvalue weighted by atomic mass is 79.9. The maximum absolute atomic E-state index is 13.0. The number of carbonyl (C=O) groups is 2. The van der Waals surface area contributed by atoms with Crippen molar-refractivity contribution in [3.63, 3.8) is 0 Å². The van der Waals surface area contributed by atoms with Gasteiger partial charge in [0.1, 0.15) is 0 Å². The zero-order chi connectivity index (χ0) is 20.1. The van der Waals surface area contributed by atoms with Crippen LogP contribution in [0.2, 0.25) is 0 Å². The SMILES string of the molecule is CC(C)[C@H]1N(C(=O)CCCCBr)C(=O)OC1(c1ccccc1)c1ccccc1.